The maximum Gasteiger partial charge on any atom is 0.108 e. The van der Waals surface area contributed by atoms with Gasteiger partial charge in [0.1, 0.15) is 5.82 Å². The van der Waals surface area contributed by atoms with E-state index in [9.17, 15) is 0 Å². The van der Waals surface area contributed by atoms with E-state index in [1.807, 2.05) is 12.4 Å². The highest BCUT2D eigenvalue weighted by atomic mass is 79.9. The average Bonchev–Trinajstić information content (AvgIpc) is 2.82. The molecule has 19 heavy (non-hydrogen) atoms. The fraction of sp³-hybridized carbons (Fsp3) is 0.438. The largest absolute Gasteiger partial charge is 0.338 e. The highest BCUT2D eigenvalue weighted by Gasteiger charge is 2.11. The van der Waals surface area contributed by atoms with Crippen LogP contribution < -0.4 is 0 Å². The molecule has 0 saturated carbocycles. The second kappa shape index (κ2) is 6.90. The zero-order valence-electron chi connectivity index (χ0n) is 11.6. The van der Waals surface area contributed by atoms with Crippen molar-refractivity contribution in [3.63, 3.8) is 0 Å². The summed E-state index contributed by atoms with van der Waals surface area (Å²) < 4.78 is 2.11. The van der Waals surface area contributed by atoms with Crippen molar-refractivity contribution in [1.29, 1.82) is 0 Å². The van der Waals surface area contributed by atoms with Gasteiger partial charge in [0.2, 0.25) is 0 Å². The molecule has 0 aliphatic heterocycles. The van der Waals surface area contributed by atoms with Crippen LogP contribution in [0.3, 0.4) is 0 Å². The predicted octanol–water partition coefficient (Wildman–Crippen LogP) is 3.91. The van der Waals surface area contributed by atoms with E-state index in [2.05, 4.69) is 63.7 Å². The maximum atomic E-state index is 4.39. The third kappa shape index (κ3) is 3.93. The minimum atomic E-state index is 0.665. The summed E-state index contributed by atoms with van der Waals surface area (Å²) in [4.78, 5) is 4.39. The molecule has 0 aliphatic rings. The molecule has 102 valence electrons. The Hall–Kier alpha value is -1.09. The van der Waals surface area contributed by atoms with Crippen molar-refractivity contribution in [2.24, 2.45) is 13.0 Å². The first kappa shape index (κ1) is 14.3. The molecule has 2 aromatic rings. The molecule has 0 bridgehead atoms. The molecule has 0 fully saturated rings. The Morgan fingerprint density at radius 3 is 2.74 bits per heavy atom. The first-order chi connectivity index (χ1) is 9.20. The van der Waals surface area contributed by atoms with Crippen molar-refractivity contribution in [3.8, 4) is 0 Å². The van der Waals surface area contributed by atoms with Gasteiger partial charge in [0.25, 0.3) is 0 Å². The van der Waals surface area contributed by atoms with Crippen LogP contribution in [0.4, 0.5) is 0 Å². The summed E-state index contributed by atoms with van der Waals surface area (Å²) in [5.74, 6) is 1.84. The van der Waals surface area contributed by atoms with Crippen LogP contribution in [-0.4, -0.2) is 14.9 Å². The smallest absolute Gasteiger partial charge is 0.108 e. The molecular formula is C16H21BrN2. The summed E-state index contributed by atoms with van der Waals surface area (Å²) >= 11 is 3.65. The third-order valence-corrected chi connectivity index (χ3v) is 4.60. The molecule has 0 spiro atoms. The Labute approximate surface area is 124 Å². The van der Waals surface area contributed by atoms with E-state index < -0.39 is 0 Å². The zero-order chi connectivity index (χ0) is 13.7. The van der Waals surface area contributed by atoms with Crippen LogP contribution >= 0.6 is 15.9 Å². The highest BCUT2D eigenvalue weighted by Crippen LogP contribution is 2.19. The van der Waals surface area contributed by atoms with E-state index in [4.69, 9.17) is 0 Å². The van der Waals surface area contributed by atoms with Crippen molar-refractivity contribution in [3.05, 3.63) is 53.6 Å². The molecule has 0 radical (unpaired) electrons. The number of hydrogen-bond acceptors (Lipinski definition) is 1. The van der Waals surface area contributed by atoms with E-state index >= 15 is 0 Å². The number of hydrogen-bond donors (Lipinski definition) is 0. The minimum absolute atomic E-state index is 0.665. The van der Waals surface area contributed by atoms with Gasteiger partial charge in [-0.3, -0.25) is 0 Å². The molecule has 0 saturated heterocycles. The number of rotatable bonds is 6. The van der Waals surface area contributed by atoms with Gasteiger partial charge in [0.05, 0.1) is 0 Å². The van der Waals surface area contributed by atoms with Crippen LogP contribution in [0.5, 0.6) is 0 Å². The number of nitrogens with zero attached hydrogens (tertiary/aromatic N) is 2. The number of aryl methyl sites for hydroxylation is 3. The first-order valence-corrected chi connectivity index (χ1v) is 7.89. The predicted molar refractivity (Wildman–Crippen MR) is 83.7 cm³/mol. The molecule has 2 rings (SSSR count). The van der Waals surface area contributed by atoms with Crippen LogP contribution in [0.25, 0.3) is 0 Å². The van der Waals surface area contributed by atoms with Crippen LogP contribution in [0.1, 0.15) is 23.4 Å². The second-order valence-corrected chi connectivity index (χ2v) is 5.79. The summed E-state index contributed by atoms with van der Waals surface area (Å²) in [7, 11) is 2.06. The first-order valence-electron chi connectivity index (χ1n) is 6.77. The highest BCUT2D eigenvalue weighted by molar-refractivity contribution is 9.09. The standard InChI is InChI=1S/C16H21BrN2/c1-13-5-3-4-6-15(13)11-14(12-17)7-8-16-18-9-10-19(16)2/h3-6,9-10,14H,7-8,11-12H2,1-2H3. The molecule has 1 aromatic heterocycles. The molecule has 1 atom stereocenters. The Morgan fingerprint density at radius 2 is 2.11 bits per heavy atom. The lowest BCUT2D eigenvalue weighted by molar-refractivity contribution is 0.527. The summed E-state index contributed by atoms with van der Waals surface area (Å²) in [6.45, 7) is 2.19. The molecule has 0 N–H and O–H groups in total. The monoisotopic (exact) mass is 320 g/mol. The quantitative estimate of drug-likeness (QED) is 0.738. The van der Waals surface area contributed by atoms with E-state index in [1.54, 1.807) is 0 Å². The molecule has 1 unspecified atom stereocenters. The molecule has 3 heteroatoms. The second-order valence-electron chi connectivity index (χ2n) is 5.14. The van der Waals surface area contributed by atoms with Gasteiger partial charge in [-0.25, -0.2) is 4.98 Å². The van der Waals surface area contributed by atoms with E-state index in [0.29, 0.717) is 5.92 Å². The fourth-order valence-electron chi connectivity index (χ4n) is 2.35. The Kier molecular flexibility index (Phi) is 5.20. The van der Waals surface area contributed by atoms with Gasteiger partial charge in [-0.2, -0.15) is 0 Å². The van der Waals surface area contributed by atoms with Crippen molar-refractivity contribution in [1.82, 2.24) is 9.55 Å². The van der Waals surface area contributed by atoms with Crippen LogP contribution in [-0.2, 0) is 19.9 Å². The Morgan fingerprint density at radius 1 is 1.32 bits per heavy atom. The minimum Gasteiger partial charge on any atom is -0.338 e. The lowest BCUT2D eigenvalue weighted by Gasteiger charge is -2.15. The van der Waals surface area contributed by atoms with Crippen molar-refractivity contribution >= 4 is 15.9 Å². The molecule has 2 nitrogen and oxygen atoms in total. The van der Waals surface area contributed by atoms with E-state index in [-0.39, 0.29) is 0 Å². The van der Waals surface area contributed by atoms with Gasteiger partial charge >= 0.3 is 0 Å². The van der Waals surface area contributed by atoms with E-state index in [0.717, 1.165) is 18.2 Å². The van der Waals surface area contributed by atoms with Crippen molar-refractivity contribution in [2.45, 2.75) is 26.2 Å². The van der Waals surface area contributed by atoms with Crippen molar-refractivity contribution < 1.29 is 0 Å². The van der Waals surface area contributed by atoms with Crippen LogP contribution in [0.15, 0.2) is 36.7 Å². The molecular weight excluding hydrogens is 300 g/mol. The normalized spacial score (nSPS) is 12.6. The summed E-state index contributed by atoms with van der Waals surface area (Å²) in [5.41, 5.74) is 2.86. The number of imidazole rings is 1. The molecule has 0 amide bonds. The van der Waals surface area contributed by atoms with Crippen LogP contribution in [0.2, 0.25) is 0 Å². The Bertz CT molecular complexity index is 519. The summed E-state index contributed by atoms with van der Waals surface area (Å²) in [6.07, 6.45) is 7.25. The number of benzene rings is 1. The van der Waals surface area contributed by atoms with Gasteiger partial charge in [-0.1, -0.05) is 40.2 Å². The summed E-state index contributed by atoms with van der Waals surface area (Å²) in [6, 6.07) is 8.67. The lowest BCUT2D eigenvalue weighted by Crippen LogP contribution is -2.10. The van der Waals surface area contributed by atoms with Crippen LogP contribution in [0, 0.1) is 12.8 Å². The fourth-order valence-corrected chi connectivity index (χ4v) is 2.91. The number of halogens is 1. The SMILES string of the molecule is Cc1ccccc1CC(CBr)CCc1nccn1C. The number of aromatic nitrogens is 2. The topological polar surface area (TPSA) is 17.8 Å². The third-order valence-electron chi connectivity index (χ3n) is 3.69. The Balaban J connectivity index is 1.94. The zero-order valence-corrected chi connectivity index (χ0v) is 13.2. The molecule has 1 heterocycles. The van der Waals surface area contributed by atoms with Gasteiger partial charge in [0, 0.05) is 31.2 Å². The van der Waals surface area contributed by atoms with E-state index in [1.165, 1.54) is 23.4 Å². The van der Waals surface area contributed by atoms with Gasteiger partial charge in [-0.15, -0.1) is 0 Å². The lowest BCUT2D eigenvalue weighted by atomic mass is 9.94. The van der Waals surface area contributed by atoms with Gasteiger partial charge in [-0.05, 0) is 36.8 Å². The van der Waals surface area contributed by atoms with Gasteiger partial charge in [0.15, 0.2) is 0 Å². The maximum absolute atomic E-state index is 4.39. The molecule has 1 aromatic carbocycles. The average molecular weight is 321 g/mol. The molecule has 0 aliphatic carbocycles. The van der Waals surface area contributed by atoms with Gasteiger partial charge < -0.3 is 4.57 Å². The van der Waals surface area contributed by atoms with Crippen molar-refractivity contribution in [2.75, 3.05) is 5.33 Å². The number of alkyl halides is 1. The summed E-state index contributed by atoms with van der Waals surface area (Å²) in [5, 5.41) is 1.05.